The Morgan fingerprint density at radius 3 is 3.00 bits per heavy atom. The van der Waals surface area contributed by atoms with Gasteiger partial charge in [0.15, 0.2) is 0 Å². The molecule has 2 aromatic heterocycles. The lowest BCUT2D eigenvalue weighted by atomic mass is 10.1. The van der Waals surface area contributed by atoms with E-state index in [1.807, 2.05) is 12.4 Å². The number of thiophene rings is 1. The highest BCUT2D eigenvalue weighted by Crippen LogP contribution is 2.27. The number of nitrogens with one attached hydrogen (secondary N) is 1. The van der Waals surface area contributed by atoms with Crippen LogP contribution < -0.4 is 5.32 Å². The molecule has 0 aromatic carbocycles. The van der Waals surface area contributed by atoms with Gasteiger partial charge >= 0.3 is 0 Å². The monoisotopic (exact) mass is 303 g/mol. The zero-order chi connectivity index (χ0) is 10.7. The highest BCUT2D eigenvalue weighted by molar-refractivity contribution is 9.10. The van der Waals surface area contributed by atoms with Gasteiger partial charge in [0.05, 0.1) is 11.7 Å². The maximum Gasteiger partial charge on any atom is 0.0928 e. The molecule has 0 saturated heterocycles. The second-order valence-electron chi connectivity index (χ2n) is 3.07. The maximum absolute atomic E-state index is 4.09. The molecule has 0 spiro atoms. The lowest BCUT2D eigenvalue weighted by molar-refractivity contribution is 0.577. The average molecular weight is 304 g/mol. The van der Waals surface area contributed by atoms with Crippen molar-refractivity contribution in [1.82, 2.24) is 14.9 Å². The third-order valence-electron chi connectivity index (χ3n) is 2.16. The van der Waals surface area contributed by atoms with Crippen molar-refractivity contribution < 1.29 is 0 Å². The molecule has 0 aliphatic carbocycles. The first-order chi connectivity index (χ1) is 7.31. The van der Waals surface area contributed by atoms with Crippen LogP contribution >= 0.6 is 38.8 Å². The van der Waals surface area contributed by atoms with Gasteiger partial charge in [-0.05, 0) is 46.0 Å². The van der Waals surface area contributed by atoms with E-state index in [0.29, 0.717) is 0 Å². The van der Waals surface area contributed by atoms with Gasteiger partial charge in [0.1, 0.15) is 0 Å². The molecule has 1 atom stereocenters. The van der Waals surface area contributed by atoms with Crippen LogP contribution in [0.5, 0.6) is 0 Å². The van der Waals surface area contributed by atoms with E-state index in [0.717, 1.165) is 12.1 Å². The van der Waals surface area contributed by atoms with Gasteiger partial charge in [-0.15, -0.1) is 16.4 Å². The van der Waals surface area contributed by atoms with Gasteiger partial charge in [-0.25, -0.2) is 0 Å². The Labute approximate surface area is 105 Å². The van der Waals surface area contributed by atoms with E-state index in [9.17, 15) is 0 Å². The van der Waals surface area contributed by atoms with Crippen LogP contribution in [0.15, 0.2) is 21.3 Å². The number of nitrogens with zero attached hydrogens (tertiary/aromatic N) is 2. The summed E-state index contributed by atoms with van der Waals surface area (Å²) < 4.78 is 5.06. The van der Waals surface area contributed by atoms with Crippen LogP contribution in [-0.2, 0) is 6.42 Å². The number of halogens is 1. The average Bonchev–Trinajstić information content (AvgIpc) is 2.86. The molecule has 0 amide bonds. The first-order valence-electron chi connectivity index (χ1n) is 4.47. The summed E-state index contributed by atoms with van der Waals surface area (Å²) in [6.07, 6.45) is 0.945. The summed E-state index contributed by atoms with van der Waals surface area (Å²) in [6.45, 7) is 0. The Bertz CT molecular complexity index is 413. The molecule has 0 radical (unpaired) electrons. The first kappa shape index (κ1) is 11.2. The summed E-state index contributed by atoms with van der Waals surface area (Å²) in [5.74, 6) is 0. The van der Waals surface area contributed by atoms with Gasteiger partial charge in [-0.3, -0.25) is 0 Å². The third kappa shape index (κ3) is 2.63. The van der Waals surface area contributed by atoms with E-state index in [2.05, 4.69) is 42.3 Å². The molecular formula is C9H10BrN3S2. The minimum Gasteiger partial charge on any atom is -0.311 e. The molecule has 2 heterocycles. The van der Waals surface area contributed by atoms with Crippen molar-refractivity contribution >= 4 is 38.8 Å². The Morgan fingerprint density at radius 2 is 2.47 bits per heavy atom. The molecule has 80 valence electrons. The number of hydrogen-bond donors (Lipinski definition) is 1. The van der Waals surface area contributed by atoms with Crippen LogP contribution in [0.2, 0.25) is 0 Å². The van der Waals surface area contributed by atoms with Crippen molar-refractivity contribution in [3.63, 3.8) is 0 Å². The van der Waals surface area contributed by atoms with Gasteiger partial charge in [-0.2, -0.15) is 0 Å². The highest BCUT2D eigenvalue weighted by atomic mass is 79.9. The zero-order valence-electron chi connectivity index (χ0n) is 8.11. The Balaban J connectivity index is 2.13. The summed E-state index contributed by atoms with van der Waals surface area (Å²) in [5, 5.41) is 11.4. The summed E-state index contributed by atoms with van der Waals surface area (Å²) in [5.41, 5.74) is 1.02. The van der Waals surface area contributed by atoms with E-state index in [-0.39, 0.29) is 6.04 Å². The van der Waals surface area contributed by atoms with Crippen molar-refractivity contribution in [3.8, 4) is 0 Å². The van der Waals surface area contributed by atoms with Crippen LogP contribution in [0.4, 0.5) is 0 Å². The summed E-state index contributed by atoms with van der Waals surface area (Å²) in [7, 11) is 1.95. The maximum atomic E-state index is 4.09. The van der Waals surface area contributed by atoms with Gasteiger partial charge in [-0.1, -0.05) is 4.49 Å². The van der Waals surface area contributed by atoms with Crippen molar-refractivity contribution in [1.29, 1.82) is 0 Å². The Morgan fingerprint density at radius 1 is 1.60 bits per heavy atom. The van der Waals surface area contributed by atoms with Crippen LogP contribution in [-0.4, -0.2) is 16.6 Å². The van der Waals surface area contributed by atoms with E-state index in [1.165, 1.54) is 20.9 Å². The molecule has 6 heteroatoms. The summed E-state index contributed by atoms with van der Waals surface area (Å²) in [4.78, 5) is 1.34. The van der Waals surface area contributed by atoms with E-state index in [4.69, 9.17) is 0 Å². The fourth-order valence-electron chi connectivity index (χ4n) is 1.33. The van der Waals surface area contributed by atoms with Crippen molar-refractivity contribution in [2.75, 3.05) is 7.05 Å². The lowest BCUT2D eigenvalue weighted by Crippen LogP contribution is -2.18. The van der Waals surface area contributed by atoms with Crippen LogP contribution in [0.25, 0.3) is 0 Å². The van der Waals surface area contributed by atoms with Crippen molar-refractivity contribution in [2.24, 2.45) is 0 Å². The molecule has 0 bridgehead atoms. The van der Waals surface area contributed by atoms with Crippen LogP contribution in [0.1, 0.15) is 16.6 Å². The smallest absolute Gasteiger partial charge is 0.0928 e. The topological polar surface area (TPSA) is 37.8 Å². The quantitative estimate of drug-likeness (QED) is 0.944. The normalized spacial score (nSPS) is 12.9. The Hall–Kier alpha value is -0.300. The van der Waals surface area contributed by atoms with Gasteiger partial charge in [0, 0.05) is 21.2 Å². The van der Waals surface area contributed by atoms with Crippen LogP contribution in [0.3, 0.4) is 0 Å². The largest absolute Gasteiger partial charge is 0.311 e. The number of rotatable bonds is 4. The van der Waals surface area contributed by atoms with Crippen molar-refractivity contribution in [2.45, 2.75) is 12.5 Å². The SMILES string of the molecule is CNC(Cc1sccc1Br)c1csnn1. The fraction of sp³-hybridized carbons (Fsp3) is 0.333. The molecule has 0 fully saturated rings. The molecule has 0 saturated carbocycles. The molecule has 1 N–H and O–H groups in total. The molecule has 3 nitrogen and oxygen atoms in total. The minimum absolute atomic E-state index is 0.249. The summed E-state index contributed by atoms with van der Waals surface area (Å²) >= 11 is 6.69. The predicted molar refractivity (Wildman–Crippen MR) is 67.4 cm³/mol. The van der Waals surface area contributed by atoms with Gasteiger partial charge in [0.25, 0.3) is 0 Å². The van der Waals surface area contributed by atoms with E-state index < -0.39 is 0 Å². The molecule has 1 unspecified atom stereocenters. The summed E-state index contributed by atoms with van der Waals surface area (Å²) in [6, 6.07) is 2.32. The molecule has 0 aliphatic rings. The fourth-order valence-corrected chi connectivity index (χ4v) is 3.40. The number of aromatic nitrogens is 2. The number of likely N-dealkylation sites (N-methyl/N-ethyl adjacent to an activating group) is 1. The lowest BCUT2D eigenvalue weighted by Gasteiger charge is -2.12. The predicted octanol–water partition coefficient (Wildman–Crippen LogP) is 2.87. The van der Waals surface area contributed by atoms with Crippen LogP contribution in [0, 0.1) is 0 Å². The second-order valence-corrected chi connectivity index (χ2v) is 5.53. The molecule has 2 rings (SSSR count). The van der Waals surface area contributed by atoms with E-state index in [1.54, 1.807) is 11.3 Å². The molecule has 0 aliphatic heterocycles. The van der Waals surface area contributed by atoms with Gasteiger partial charge < -0.3 is 5.32 Å². The molecular weight excluding hydrogens is 294 g/mol. The van der Waals surface area contributed by atoms with Gasteiger partial charge in [0.2, 0.25) is 0 Å². The first-order valence-corrected chi connectivity index (χ1v) is 6.98. The zero-order valence-corrected chi connectivity index (χ0v) is 11.3. The third-order valence-corrected chi connectivity index (χ3v) is 4.63. The highest BCUT2D eigenvalue weighted by Gasteiger charge is 2.14. The molecule has 2 aromatic rings. The second kappa shape index (κ2) is 5.16. The Kier molecular flexibility index (Phi) is 3.85. The minimum atomic E-state index is 0.249. The number of hydrogen-bond acceptors (Lipinski definition) is 5. The van der Waals surface area contributed by atoms with Crippen molar-refractivity contribution in [3.05, 3.63) is 31.9 Å². The standard InChI is InChI=1S/C9H10BrN3S2/c1-11-7(8-5-15-13-12-8)4-9-6(10)2-3-14-9/h2-3,5,7,11H,4H2,1H3. The molecule has 15 heavy (non-hydrogen) atoms. The van der Waals surface area contributed by atoms with E-state index >= 15 is 0 Å².